The first-order chi connectivity index (χ1) is 9.13. The van der Waals surface area contributed by atoms with Crippen LogP contribution in [0.5, 0.6) is 0 Å². The summed E-state index contributed by atoms with van der Waals surface area (Å²) in [6.45, 7) is 2.84. The average Bonchev–Trinajstić information content (AvgIpc) is 2.62. The molecule has 0 radical (unpaired) electrons. The van der Waals surface area contributed by atoms with Crippen LogP contribution in [0.2, 0.25) is 0 Å². The molecule has 0 aromatic carbocycles. The lowest BCUT2D eigenvalue weighted by molar-refractivity contribution is -0.152. The van der Waals surface area contributed by atoms with Crippen LogP contribution in [-0.2, 0) is 14.4 Å². The van der Waals surface area contributed by atoms with E-state index in [4.69, 9.17) is 0 Å². The number of allylic oxidation sites excluding steroid dienone is 2. The van der Waals surface area contributed by atoms with Crippen molar-refractivity contribution in [3.05, 3.63) is 12.2 Å². The lowest BCUT2D eigenvalue weighted by Crippen LogP contribution is -2.62. The summed E-state index contributed by atoms with van der Waals surface area (Å²) < 4.78 is 0. The van der Waals surface area contributed by atoms with Crippen LogP contribution in [0, 0.1) is 11.8 Å². The van der Waals surface area contributed by atoms with E-state index >= 15 is 0 Å². The summed E-state index contributed by atoms with van der Waals surface area (Å²) in [4.78, 5) is 39.2. The number of rotatable bonds is 2. The van der Waals surface area contributed by atoms with Gasteiger partial charge in [0.1, 0.15) is 0 Å². The number of imide groups is 1. The number of hydrogen-bond donors (Lipinski definition) is 0. The third kappa shape index (κ3) is 1.79. The van der Waals surface area contributed by atoms with Crippen LogP contribution in [0.15, 0.2) is 12.2 Å². The predicted octanol–water partition coefficient (Wildman–Crippen LogP) is 0.558. The van der Waals surface area contributed by atoms with Crippen LogP contribution >= 0.6 is 0 Å². The van der Waals surface area contributed by atoms with Crippen molar-refractivity contribution in [2.24, 2.45) is 11.8 Å². The molecule has 5 heteroatoms. The van der Waals surface area contributed by atoms with Gasteiger partial charge < -0.3 is 4.90 Å². The zero-order valence-electron chi connectivity index (χ0n) is 11.0. The van der Waals surface area contributed by atoms with Crippen LogP contribution < -0.4 is 0 Å². The van der Waals surface area contributed by atoms with Gasteiger partial charge in [0.15, 0.2) is 0 Å². The van der Waals surface area contributed by atoms with E-state index in [1.54, 1.807) is 4.90 Å². The fourth-order valence-corrected chi connectivity index (χ4v) is 3.23. The maximum absolute atomic E-state index is 12.3. The van der Waals surface area contributed by atoms with E-state index in [1.807, 2.05) is 19.1 Å². The molecule has 3 aliphatic rings. The molecule has 2 saturated heterocycles. The molecule has 1 aliphatic carbocycles. The minimum Gasteiger partial charge on any atom is -0.338 e. The van der Waals surface area contributed by atoms with E-state index in [-0.39, 0.29) is 35.6 Å². The van der Waals surface area contributed by atoms with E-state index in [0.29, 0.717) is 32.4 Å². The summed E-state index contributed by atoms with van der Waals surface area (Å²) in [5, 5.41) is 0. The summed E-state index contributed by atoms with van der Waals surface area (Å²) in [6, 6.07) is -0.0962. The first-order valence-electron chi connectivity index (χ1n) is 6.93. The lowest BCUT2D eigenvalue weighted by atomic mass is 9.85. The second-order valence-electron chi connectivity index (χ2n) is 5.51. The molecule has 19 heavy (non-hydrogen) atoms. The largest absolute Gasteiger partial charge is 0.338 e. The smallest absolute Gasteiger partial charge is 0.233 e. The first kappa shape index (κ1) is 12.4. The Morgan fingerprint density at radius 1 is 1.16 bits per heavy atom. The summed E-state index contributed by atoms with van der Waals surface area (Å²) >= 11 is 0. The van der Waals surface area contributed by atoms with E-state index < -0.39 is 0 Å². The Labute approximate surface area is 112 Å². The van der Waals surface area contributed by atoms with Gasteiger partial charge in [0.2, 0.25) is 17.7 Å². The van der Waals surface area contributed by atoms with E-state index in [1.165, 1.54) is 4.90 Å². The zero-order chi connectivity index (χ0) is 13.6. The monoisotopic (exact) mass is 262 g/mol. The molecule has 2 unspecified atom stereocenters. The number of carbonyl (C=O) groups excluding carboxylic acids is 3. The second-order valence-corrected chi connectivity index (χ2v) is 5.51. The van der Waals surface area contributed by atoms with E-state index in [9.17, 15) is 14.4 Å². The Morgan fingerprint density at radius 2 is 1.68 bits per heavy atom. The van der Waals surface area contributed by atoms with E-state index in [0.717, 1.165) is 0 Å². The van der Waals surface area contributed by atoms with Crippen LogP contribution in [0.25, 0.3) is 0 Å². The molecule has 3 amide bonds. The third-order valence-electron chi connectivity index (χ3n) is 4.42. The quantitative estimate of drug-likeness (QED) is 0.539. The summed E-state index contributed by atoms with van der Waals surface area (Å²) in [5.74, 6) is -0.294. The van der Waals surface area contributed by atoms with Gasteiger partial charge in [-0.2, -0.15) is 0 Å². The molecule has 0 aromatic heterocycles. The van der Waals surface area contributed by atoms with Crippen molar-refractivity contribution in [3.63, 3.8) is 0 Å². The SMILES string of the molecule is CCC(=O)N1CC(N2C(=O)C3CC=CCC3C2=O)C1. The van der Waals surface area contributed by atoms with Gasteiger partial charge in [-0.3, -0.25) is 19.3 Å². The fraction of sp³-hybridized carbons (Fsp3) is 0.643. The van der Waals surface area contributed by atoms with E-state index in [2.05, 4.69) is 0 Å². The molecule has 2 heterocycles. The lowest BCUT2D eigenvalue weighted by Gasteiger charge is -2.43. The molecule has 0 bridgehead atoms. The highest BCUT2D eigenvalue weighted by molar-refractivity contribution is 6.06. The minimum absolute atomic E-state index is 0.0343. The molecular formula is C14H18N2O3. The number of amides is 3. The maximum Gasteiger partial charge on any atom is 0.233 e. The summed E-state index contributed by atoms with van der Waals surface area (Å²) in [6.07, 6.45) is 5.81. The topological polar surface area (TPSA) is 57.7 Å². The third-order valence-corrected chi connectivity index (χ3v) is 4.42. The molecule has 5 nitrogen and oxygen atoms in total. The van der Waals surface area contributed by atoms with Crippen LogP contribution in [-0.4, -0.2) is 46.7 Å². The second kappa shape index (κ2) is 4.47. The summed E-state index contributed by atoms with van der Waals surface area (Å²) in [7, 11) is 0. The van der Waals surface area contributed by atoms with Gasteiger partial charge >= 0.3 is 0 Å². The Morgan fingerprint density at radius 3 is 2.16 bits per heavy atom. The predicted molar refractivity (Wildman–Crippen MR) is 67.9 cm³/mol. The Balaban J connectivity index is 1.69. The van der Waals surface area contributed by atoms with Gasteiger partial charge in [-0.05, 0) is 12.8 Å². The van der Waals surface area contributed by atoms with Gasteiger partial charge in [0.05, 0.1) is 17.9 Å². The molecule has 0 aromatic rings. The molecule has 0 N–H and O–H groups in total. The van der Waals surface area contributed by atoms with Crippen LogP contribution in [0.1, 0.15) is 26.2 Å². The van der Waals surface area contributed by atoms with Crippen molar-refractivity contribution in [1.29, 1.82) is 0 Å². The Kier molecular flexibility index (Phi) is 2.92. The normalized spacial score (nSPS) is 30.6. The number of fused-ring (bicyclic) bond motifs is 1. The summed E-state index contributed by atoms with van der Waals surface area (Å²) in [5.41, 5.74) is 0. The van der Waals surface area contributed by atoms with Crippen molar-refractivity contribution in [3.8, 4) is 0 Å². The van der Waals surface area contributed by atoms with Crippen molar-refractivity contribution >= 4 is 17.7 Å². The molecular weight excluding hydrogens is 244 g/mol. The minimum atomic E-state index is -0.159. The molecule has 2 fully saturated rings. The van der Waals surface area contributed by atoms with Crippen molar-refractivity contribution in [2.75, 3.05) is 13.1 Å². The Hall–Kier alpha value is -1.65. The van der Waals surface area contributed by atoms with Gasteiger partial charge in [-0.1, -0.05) is 19.1 Å². The number of nitrogens with zero attached hydrogens (tertiary/aromatic N) is 2. The highest BCUT2D eigenvalue weighted by atomic mass is 16.2. The van der Waals surface area contributed by atoms with Gasteiger partial charge in [-0.25, -0.2) is 0 Å². The maximum atomic E-state index is 12.3. The molecule has 2 atom stereocenters. The van der Waals surface area contributed by atoms with Gasteiger partial charge in [0, 0.05) is 19.5 Å². The fourth-order valence-electron chi connectivity index (χ4n) is 3.23. The van der Waals surface area contributed by atoms with Crippen LogP contribution in [0.3, 0.4) is 0 Å². The average molecular weight is 262 g/mol. The standard InChI is InChI=1S/C14H18N2O3/c1-2-12(17)15-7-9(8-15)16-13(18)10-5-3-4-6-11(10)14(16)19/h3-4,9-11H,2,5-8H2,1H3. The van der Waals surface area contributed by atoms with Crippen molar-refractivity contribution in [1.82, 2.24) is 9.80 Å². The number of carbonyl (C=O) groups is 3. The molecule has 3 rings (SSSR count). The first-order valence-corrected chi connectivity index (χ1v) is 6.93. The van der Waals surface area contributed by atoms with Gasteiger partial charge in [0.25, 0.3) is 0 Å². The molecule has 102 valence electrons. The number of likely N-dealkylation sites (tertiary alicyclic amines) is 2. The van der Waals surface area contributed by atoms with Crippen molar-refractivity contribution in [2.45, 2.75) is 32.2 Å². The van der Waals surface area contributed by atoms with Crippen LogP contribution in [0.4, 0.5) is 0 Å². The molecule has 0 saturated carbocycles. The highest BCUT2D eigenvalue weighted by Crippen LogP contribution is 2.37. The Bertz CT molecular complexity index is 439. The molecule has 0 spiro atoms. The molecule has 2 aliphatic heterocycles. The highest BCUT2D eigenvalue weighted by Gasteiger charge is 2.52. The van der Waals surface area contributed by atoms with Crippen molar-refractivity contribution < 1.29 is 14.4 Å². The number of hydrogen-bond acceptors (Lipinski definition) is 3. The zero-order valence-corrected chi connectivity index (χ0v) is 11.0. The van der Waals surface area contributed by atoms with Gasteiger partial charge in [-0.15, -0.1) is 0 Å².